The summed E-state index contributed by atoms with van der Waals surface area (Å²) in [5, 5.41) is 22.1. The maximum absolute atomic E-state index is 13.0. The van der Waals surface area contributed by atoms with Gasteiger partial charge in [-0.3, -0.25) is 19.5 Å². The summed E-state index contributed by atoms with van der Waals surface area (Å²) in [7, 11) is -3.41. The number of hydroxylamine groups is 1. The molecule has 3 atom stereocenters. The Morgan fingerprint density at radius 3 is 2.45 bits per heavy atom. The average Bonchev–Trinajstić information content (AvgIpc) is 3.02. The summed E-state index contributed by atoms with van der Waals surface area (Å²) in [6.07, 6.45) is 0.635. The van der Waals surface area contributed by atoms with Crippen LogP contribution in [0.3, 0.4) is 0 Å². The lowest BCUT2D eigenvalue weighted by Crippen LogP contribution is -2.40. The number of nitrogens with one attached hydrogen (secondary N) is 3. The Balaban J connectivity index is 1.74. The van der Waals surface area contributed by atoms with Gasteiger partial charge in [0.25, 0.3) is 0 Å². The minimum Gasteiger partial charge on any atom is -0.390 e. The highest BCUT2D eigenvalue weighted by atomic mass is 32.2. The fourth-order valence-electron chi connectivity index (χ4n) is 3.75. The highest BCUT2D eigenvalue weighted by Gasteiger charge is 2.34. The molecule has 3 rings (SSSR count). The van der Waals surface area contributed by atoms with Crippen molar-refractivity contribution in [3.63, 3.8) is 0 Å². The van der Waals surface area contributed by atoms with Crippen LogP contribution in [0.5, 0.6) is 0 Å². The van der Waals surface area contributed by atoms with Crippen molar-refractivity contribution in [2.75, 3.05) is 11.0 Å². The second-order valence-corrected chi connectivity index (χ2v) is 9.42. The van der Waals surface area contributed by atoms with Crippen LogP contribution in [0.2, 0.25) is 0 Å². The summed E-state index contributed by atoms with van der Waals surface area (Å²) < 4.78 is 25.0. The van der Waals surface area contributed by atoms with Crippen molar-refractivity contribution in [2.24, 2.45) is 5.92 Å². The van der Waals surface area contributed by atoms with Gasteiger partial charge in [-0.05, 0) is 35.2 Å². The molecule has 0 bridgehead atoms. The molecule has 0 heterocycles. The molecule has 31 heavy (non-hydrogen) atoms. The first-order valence-electron chi connectivity index (χ1n) is 9.72. The van der Waals surface area contributed by atoms with Gasteiger partial charge >= 0.3 is 0 Å². The predicted octanol–water partition coefficient (Wildman–Crippen LogP) is 0.887. The van der Waals surface area contributed by atoms with E-state index in [1.54, 1.807) is 29.7 Å². The highest BCUT2D eigenvalue weighted by Crippen LogP contribution is 2.31. The van der Waals surface area contributed by atoms with Crippen molar-refractivity contribution >= 4 is 27.5 Å². The number of benzene rings is 2. The zero-order valence-corrected chi connectivity index (χ0v) is 17.7. The number of aliphatic hydroxyl groups is 1. The van der Waals surface area contributed by atoms with Crippen molar-refractivity contribution in [1.29, 1.82) is 0 Å². The molecule has 2 aromatic carbocycles. The molecule has 0 saturated carbocycles. The monoisotopic (exact) mass is 447 g/mol. The predicted molar refractivity (Wildman–Crippen MR) is 114 cm³/mol. The summed E-state index contributed by atoms with van der Waals surface area (Å²) >= 11 is 0. The Labute approximate surface area is 180 Å². The topological polar surface area (TPSA) is 145 Å². The Hall–Kier alpha value is -2.95. The summed E-state index contributed by atoms with van der Waals surface area (Å²) in [6.45, 7) is 0. The number of rotatable bonds is 8. The Kier molecular flexibility index (Phi) is 6.94. The zero-order chi connectivity index (χ0) is 22.6. The lowest BCUT2D eigenvalue weighted by molar-refractivity contribution is -0.135. The van der Waals surface area contributed by atoms with Gasteiger partial charge in [-0.15, -0.1) is 0 Å². The van der Waals surface area contributed by atoms with E-state index in [-0.39, 0.29) is 12.8 Å². The van der Waals surface area contributed by atoms with Crippen molar-refractivity contribution in [3.8, 4) is 0 Å². The molecule has 0 aliphatic heterocycles. The van der Waals surface area contributed by atoms with Crippen molar-refractivity contribution < 1.29 is 28.3 Å². The standard InChI is InChI=1S/C21H25N3O6S/c1-31(29,30)24-16-8-6-13(7-9-16)10-15(12-19(26)23-28)21(27)22-20-17-5-3-2-4-14(17)11-18(20)25/h2-9,15,18,20,24-25,28H,10-12H2,1H3,(H,22,27)(H,23,26). The van der Waals surface area contributed by atoms with E-state index in [1.165, 1.54) is 0 Å². The number of fused-ring (bicyclic) bond motifs is 1. The van der Waals surface area contributed by atoms with Gasteiger partial charge < -0.3 is 10.4 Å². The summed E-state index contributed by atoms with van der Waals surface area (Å²) in [4.78, 5) is 24.7. The van der Waals surface area contributed by atoms with Gasteiger partial charge in [-0.2, -0.15) is 0 Å². The Morgan fingerprint density at radius 2 is 1.81 bits per heavy atom. The molecule has 1 aliphatic rings. The first-order chi connectivity index (χ1) is 14.7. The highest BCUT2D eigenvalue weighted by molar-refractivity contribution is 7.92. The SMILES string of the molecule is CS(=O)(=O)Nc1ccc(CC(CC(=O)NO)C(=O)NC2c3ccccc3CC2O)cc1. The second-order valence-electron chi connectivity index (χ2n) is 7.67. The van der Waals surface area contributed by atoms with Crippen LogP contribution in [0.15, 0.2) is 48.5 Å². The van der Waals surface area contributed by atoms with Gasteiger partial charge in [-0.1, -0.05) is 36.4 Å². The molecule has 1 aliphatic carbocycles. The molecule has 5 N–H and O–H groups in total. The molecule has 3 unspecified atom stereocenters. The zero-order valence-electron chi connectivity index (χ0n) is 16.9. The number of hydrogen-bond donors (Lipinski definition) is 5. The van der Waals surface area contributed by atoms with E-state index in [1.807, 2.05) is 24.3 Å². The summed E-state index contributed by atoms with van der Waals surface area (Å²) in [5.74, 6) is -1.94. The lowest BCUT2D eigenvalue weighted by atomic mass is 9.94. The largest absolute Gasteiger partial charge is 0.390 e. The Morgan fingerprint density at radius 1 is 1.13 bits per heavy atom. The van der Waals surface area contributed by atoms with Gasteiger partial charge in [-0.25, -0.2) is 13.9 Å². The number of anilines is 1. The number of aliphatic hydroxyl groups excluding tert-OH is 1. The van der Waals surface area contributed by atoms with Crippen molar-refractivity contribution in [1.82, 2.24) is 10.8 Å². The van der Waals surface area contributed by atoms with Crippen LogP contribution in [0, 0.1) is 5.92 Å². The van der Waals surface area contributed by atoms with Crippen LogP contribution in [0.4, 0.5) is 5.69 Å². The number of amides is 2. The molecule has 0 saturated heterocycles. The van der Waals surface area contributed by atoms with Gasteiger partial charge in [0.15, 0.2) is 0 Å². The smallest absolute Gasteiger partial charge is 0.244 e. The van der Waals surface area contributed by atoms with E-state index in [0.29, 0.717) is 17.7 Å². The number of carbonyl (C=O) groups excluding carboxylic acids is 2. The van der Waals surface area contributed by atoms with Crippen molar-refractivity contribution in [2.45, 2.75) is 31.4 Å². The normalized spacial score (nSPS) is 18.7. The fraction of sp³-hybridized carbons (Fsp3) is 0.333. The minimum absolute atomic E-state index is 0.183. The molecule has 166 valence electrons. The van der Waals surface area contributed by atoms with Crippen molar-refractivity contribution in [3.05, 3.63) is 65.2 Å². The van der Waals surface area contributed by atoms with Crippen LogP contribution in [0.1, 0.15) is 29.2 Å². The Bertz CT molecular complexity index is 1060. The van der Waals surface area contributed by atoms with E-state index in [9.17, 15) is 23.1 Å². The third kappa shape index (κ3) is 6.03. The van der Waals surface area contributed by atoms with Gasteiger partial charge in [0.05, 0.1) is 24.3 Å². The van der Waals surface area contributed by atoms with E-state index in [2.05, 4.69) is 10.0 Å². The van der Waals surface area contributed by atoms with Gasteiger partial charge in [0.1, 0.15) is 0 Å². The molecule has 0 fully saturated rings. The van der Waals surface area contributed by atoms with E-state index >= 15 is 0 Å². The molecule has 10 heteroatoms. The quantitative estimate of drug-likeness (QED) is 0.300. The van der Waals surface area contributed by atoms with Crippen LogP contribution in [-0.2, 0) is 32.5 Å². The maximum atomic E-state index is 13.0. The van der Waals surface area contributed by atoms with Crippen LogP contribution in [-0.4, -0.2) is 42.9 Å². The van der Waals surface area contributed by atoms with Gasteiger partial charge in [0.2, 0.25) is 21.8 Å². The second kappa shape index (κ2) is 9.46. The average molecular weight is 448 g/mol. The fourth-order valence-corrected chi connectivity index (χ4v) is 4.32. The third-order valence-corrected chi connectivity index (χ3v) is 5.77. The summed E-state index contributed by atoms with van der Waals surface area (Å²) in [5.41, 5.74) is 4.43. The van der Waals surface area contributed by atoms with Crippen LogP contribution < -0.4 is 15.5 Å². The molecule has 2 amide bonds. The number of carbonyl (C=O) groups is 2. The minimum atomic E-state index is -3.41. The number of hydrogen-bond acceptors (Lipinski definition) is 6. The van der Waals surface area contributed by atoms with E-state index in [0.717, 1.165) is 17.4 Å². The third-order valence-electron chi connectivity index (χ3n) is 5.17. The van der Waals surface area contributed by atoms with Crippen LogP contribution in [0.25, 0.3) is 0 Å². The number of sulfonamides is 1. The lowest BCUT2D eigenvalue weighted by Gasteiger charge is -2.22. The molecule has 2 aromatic rings. The van der Waals surface area contributed by atoms with Crippen LogP contribution >= 0.6 is 0 Å². The molecular weight excluding hydrogens is 422 g/mol. The maximum Gasteiger partial charge on any atom is 0.244 e. The molecule has 0 radical (unpaired) electrons. The molecule has 9 nitrogen and oxygen atoms in total. The van der Waals surface area contributed by atoms with Gasteiger partial charge in [0, 0.05) is 18.5 Å². The molecule has 0 spiro atoms. The first-order valence-corrected chi connectivity index (χ1v) is 11.6. The molecule has 0 aromatic heterocycles. The first kappa shape index (κ1) is 22.7. The summed E-state index contributed by atoms with van der Waals surface area (Å²) in [6, 6.07) is 13.3. The molecular formula is C21H25N3O6S. The van der Waals surface area contributed by atoms with E-state index in [4.69, 9.17) is 5.21 Å². The van der Waals surface area contributed by atoms with E-state index < -0.39 is 39.9 Å².